The van der Waals surface area contributed by atoms with Crippen LogP contribution in [0.15, 0.2) is 48.6 Å². The van der Waals surface area contributed by atoms with Gasteiger partial charge in [-0.25, -0.2) is 0 Å². The molecular weight excluding hydrogens is 916 g/mol. The van der Waals surface area contributed by atoms with E-state index in [1.807, 2.05) is 33.3 Å². The summed E-state index contributed by atoms with van der Waals surface area (Å²) < 4.78 is 30.3. The molecule has 0 aliphatic carbocycles. The smallest absolute Gasteiger partial charge is 0.306 e. The fourth-order valence-corrected chi connectivity index (χ4v) is 9.60. The Morgan fingerprint density at radius 3 is 1.32 bits per heavy atom. The van der Waals surface area contributed by atoms with Gasteiger partial charge in [0.2, 0.25) is 5.91 Å². The zero-order valence-corrected chi connectivity index (χ0v) is 49.0. The number of hydrogen-bond donors (Lipinski definition) is 1. The molecule has 0 rings (SSSR count). The number of rotatable bonds is 55. The summed E-state index contributed by atoms with van der Waals surface area (Å²) in [6.45, 7) is 6.73. The number of nitrogens with one attached hydrogen (secondary N) is 1. The van der Waals surface area contributed by atoms with E-state index >= 15 is 0 Å². The molecule has 422 valence electrons. The van der Waals surface area contributed by atoms with Gasteiger partial charge in [-0.3, -0.25) is 14.2 Å². The van der Waals surface area contributed by atoms with Gasteiger partial charge in [-0.2, -0.15) is 0 Å². The Morgan fingerprint density at radius 2 is 0.889 bits per heavy atom. The Morgan fingerprint density at radius 1 is 0.500 bits per heavy atom. The first-order valence-corrected chi connectivity index (χ1v) is 31.9. The number of carbonyl (C=O) groups is 2. The molecule has 0 aromatic rings. The predicted octanol–water partition coefficient (Wildman–Crippen LogP) is 17.9. The lowest BCUT2D eigenvalue weighted by molar-refractivity contribution is -0.870. The van der Waals surface area contributed by atoms with Gasteiger partial charge < -0.3 is 28.5 Å². The molecule has 0 bridgehead atoms. The minimum atomic E-state index is -4.70. The number of allylic oxidation sites excluding steroid dienone is 7. The van der Waals surface area contributed by atoms with E-state index < -0.39 is 26.6 Å². The van der Waals surface area contributed by atoms with Crippen molar-refractivity contribution in [3.8, 4) is 0 Å². The number of amides is 1. The molecule has 0 aromatic carbocycles. The first-order chi connectivity index (χ1) is 34.9. The van der Waals surface area contributed by atoms with Crippen LogP contribution >= 0.6 is 7.82 Å². The summed E-state index contributed by atoms with van der Waals surface area (Å²) in [5, 5.41) is 3.02. The monoisotopic (exact) mass is 1030 g/mol. The van der Waals surface area contributed by atoms with Gasteiger partial charge in [-0.1, -0.05) is 269 Å². The Bertz CT molecular complexity index is 1380. The number of carbonyl (C=O) groups excluding carboxylic acids is 2. The number of nitrogens with zero attached hydrogens (tertiary/aromatic N) is 1. The molecule has 0 radical (unpaired) electrons. The van der Waals surface area contributed by atoms with Crippen molar-refractivity contribution in [1.29, 1.82) is 0 Å². The average Bonchev–Trinajstić information content (AvgIpc) is 3.34. The highest BCUT2D eigenvalue weighted by molar-refractivity contribution is 7.45. The van der Waals surface area contributed by atoms with E-state index in [1.165, 1.54) is 173 Å². The van der Waals surface area contributed by atoms with Crippen molar-refractivity contribution in [1.82, 2.24) is 5.32 Å². The molecule has 3 unspecified atom stereocenters. The van der Waals surface area contributed by atoms with E-state index in [0.29, 0.717) is 17.4 Å². The third kappa shape index (κ3) is 52.8. The summed E-state index contributed by atoms with van der Waals surface area (Å²) in [6.07, 6.45) is 63.6. The van der Waals surface area contributed by atoms with Crippen LogP contribution in [-0.4, -0.2) is 69.4 Å². The highest BCUT2D eigenvalue weighted by atomic mass is 31.2. The maximum atomic E-state index is 13.5. The number of unbranched alkanes of at least 4 members (excludes halogenated alkanes) is 35. The number of phosphoric acid groups is 1. The minimum Gasteiger partial charge on any atom is -0.756 e. The molecule has 9 nitrogen and oxygen atoms in total. The average molecular weight is 1030 g/mol. The molecule has 0 aliphatic rings. The standard InChI is InChI=1S/C62H117N2O7P/c1-7-10-13-16-19-22-25-28-30-31-32-33-35-37-40-43-46-49-52-55-62(66)71-60(53-50-47-44-41-38-27-24-21-18-15-12-9-3)59(58-70-72(67,68)69-57-56-64(4,5)6)63-61(65)54-51-48-45-42-39-36-34-29-26-23-20-17-14-11-8-2/h11,14,17,20,23,26,50,53,59-60H,7-10,12-13,15-16,18-19,21-22,24-25,27-49,51-52,54-58H2,1-6H3,(H-,63,65,67,68)/b14-11+,20-17+,26-23+,53-50+. The zero-order chi connectivity index (χ0) is 52.9. The zero-order valence-electron chi connectivity index (χ0n) is 48.1. The van der Waals surface area contributed by atoms with E-state index in [9.17, 15) is 19.0 Å². The predicted molar refractivity (Wildman–Crippen MR) is 307 cm³/mol. The minimum absolute atomic E-state index is 0.0240. The number of hydrogen-bond acceptors (Lipinski definition) is 7. The van der Waals surface area contributed by atoms with Gasteiger partial charge in [0.25, 0.3) is 7.82 Å². The number of likely N-dealkylation sites (N-methyl/N-ethyl adjacent to an activating group) is 1. The van der Waals surface area contributed by atoms with Crippen LogP contribution in [0.25, 0.3) is 0 Å². The SMILES string of the molecule is CC/C=C/C=C/C=C/CCCCCCCCCC(=O)NC(COP(=O)([O-])OCC[N+](C)(C)C)C(/C=C/CCCCCCCCCCCC)OC(=O)CCCCCCCCCCCCCCCCCCCCC. The lowest BCUT2D eigenvalue weighted by atomic mass is 10.0. The van der Waals surface area contributed by atoms with Crippen molar-refractivity contribution < 1.29 is 37.3 Å². The van der Waals surface area contributed by atoms with E-state index in [1.54, 1.807) is 0 Å². The Hall–Kier alpha value is -2.03. The van der Waals surface area contributed by atoms with Gasteiger partial charge in [0.1, 0.15) is 19.3 Å². The Labute approximate surface area is 446 Å². The molecule has 10 heteroatoms. The normalized spacial score (nSPS) is 14.0. The molecule has 72 heavy (non-hydrogen) atoms. The van der Waals surface area contributed by atoms with Crippen LogP contribution in [0.4, 0.5) is 0 Å². The van der Waals surface area contributed by atoms with Crippen LogP contribution in [0.3, 0.4) is 0 Å². The fourth-order valence-electron chi connectivity index (χ4n) is 8.88. The quantitative estimate of drug-likeness (QED) is 0.0161. The van der Waals surface area contributed by atoms with Crippen LogP contribution < -0.4 is 10.2 Å². The van der Waals surface area contributed by atoms with Crippen LogP contribution in [0.1, 0.15) is 284 Å². The van der Waals surface area contributed by atoms with Crippen molar-refractivity contribution >= 4 is 19.7 Å². The van der Waals surface area contributed by atoms with Gasteiger partial charge >= 0.3 is 5.97 Å². The molecular formula is C62H117N2O7P. The molecule has 0 spiro atoms. The van der Waals surface area contributed by atoms with Crippen LogP contribution in [0.5, 0.6) is 0 Å². The van der Waals surface area contributed by atoms with Crippen molar-refractivity contribution in [3.05, 3.63) is 48.6 Å². The van der Waals surface area contributed by atoms with E-state index in [2.05, 4.69) is 62.5 Å². The number of quaternary nitrogens is 1. The molecule has 0 aliphatic heterocycles. The summed E-state index contributed by atoms with van der Waals surface area (Å²) >= 11 is 0. The van der Waals surface area contributed by atoms with Gasteiger partial charge in [-0.15, -0.1) is 0 Å². The molecule has 3 atom stereocenters. The third-order valence-electron chi connectivity index (χ3n) is 13.6. The highest BCUT2D eigenvalue weighted by Crippen LogP contribution is 2.38. The second-order valence-corrected chi connectivity index (χ2v) is 23.3. The summed E-state index contributed by atoms with van der Waals surface area (Å²) in [7, 11) is 1.18. The maximum Gasteiger partial charge on any atom is 0.306 e. The molecule has 0 heterocycles. The van der Waals surface area contributed by atoms with Crippen molar-refractivity contribution in [2.24, 2.45) is 0 Å². The largest absolute Gasteiger partial charge is 0.756 e. The highest BCUT2D eigenvalue weighted by Gasteiger charge is 2.27. The van der Waals surface area contributed by atoms with Gasteiger partial charge in [-0.05, 0) is 51.0 Å². The fraction of sp³-hybridized carbons (Fsp3) is 0.839. The summed E-state index contributed by atoms with van der Waals surface area (Å²) in [4.78, 5) is 39.9. The lowest BCUT2D eigenvalue weighted by Crippen LogP contribution is -2.47. The van der Waals surface area contributed by atoms with E-state index in [4.69, 9.17) is 13.8 Å². The van der Waals surface area contributed by atoms with Crippen molar-refractivity contribution in [2.45, 2.75) is 296 Å². The van der Waals surface area contributed by atoms with E-state index in [0.717, 1.165) is 77.0 Å². The van der Waals surface area contributed by atoms with Crippen LogP contribution in [0.2, 0.25) is 0 Å². The molecule has 0 saturated heterocycles. The number of phosphoric ester groups is 1. The summed E-state index contributed by atoms with van der Waals surface area (Å²) in [6, 6.07) is -0.892. The summed E-state index contributed by atoms with van der Waals surface area (Å²) in [5.41, 5.74) is 0. The first-order valence-electron chi connectivity index (χ1n) is 30.5. The van der Waals surface area contributed by atoms with Gasteiger partial charge in [0, 0.05) is 12.8 Å². The Balaban J connectivity index is 5.25. The van der Waals surface area contributed by atoms with Crippen LogP contribution in [-0.2, 0) is 27.9 Å². The summed E-state index contributed by atoms with van der Waals surface area (Å²) in [5.74, 6) is -0.545. The van der Waals surface area contributed by atoms with E-state index in [-0.39, 0.29) is 24.9 Å². The molecule has 1 amide bonds. The number of esters is 1. The second kappa shape index (κ2) is 52.4. The molecule has 0 saturated carbocycles. The topological polar surface area (TPSA) is 114 Å². The lowest BCUT2D eigenvalue weighted by Gasteiger charge is -2.30. The number of ether oxygens (including phenoxy) is 1. The molecule has 1 N–H and O–H groups in total. The van der Waals surface area contributed by atoms with Crippen LogP contribution in [0, 0.1) is 0 Å². The van der Waals surface area contributed by atoms with Crippen molar-refractivity contribution in [3.63, 3.8) is 0 Å². The first kappa shape index (κ1) is 70.0. The second-order valence-electron chi connectivity index (χ2n) is 21.9. The Kier molecular flexibility index (Phi) is 50.9. The van der Waals surface area contributed by atoms with Gasteiger partial charge in [0.15, 0.2) is 0 Å². The third-order valence-corrected chi connectivity index (χ3v) is 14.5. The van der Waals surface area contributed by atoms with Crippen molar-refractivity contribution in [2.75, 3.05) is 40.9 Å². The maximum absolute atomic E-state index is 13.5. The van der Waals surface area contributed by atoms with Gasteiger partial charge in [0.05, 0.1) is 33.8 Å². The molecule has 0 aromatic heterocycles. The molecule has 0 fully saturated rings.